The summed E-state index contributed by atoms with van der Waals surface area (Å²) in [7, 11) is 0. The fourth-order valence-corrected chi connectivity index (χ4v) is 1.36. The number of esters is 1. The predicted octanol–water partition coefficient (Wildman–Crippen LogP) is -0.446. The second kappa shape index (κ2) is 6.85. The molecule has 1 saturated heterocycles. The van der Waals surface area contributed by atoms with Crippen LogP contribution >= 0.6 is 0 Å². The number of urea groups is 1. The molecule has 7 heteroatoms. The Morgan fingerprint density at radius 3 is 2.76 bits per heavy atom. The Balaban J connectivity index is 2.18. The lowest BCUT2D eigenvalue weighted by molar-refractivity contribution is -0.157. The lowest BCUT2D eigenvalue weighted by atomic mass is 10.2. The van der Waals surface area contributed by atoms with Gasteiger partial charge in [-0.15, -0.1) is 0 Å². The van der Waals surface area contributed by atoms with Gasteiger partial charge in [-0.1, -0.05) is 0 Å². The number of ether oxygens (including phenoxy) is 2. The molecule has 1 aliphatic rings. The summed E-state index contributed by atoms with van der Waals surface area (Å²) in [5, 5.41) is 4.40. The van der Waals surface area contributed by atoms with Gasteiger partial charge >= 0.3 is 12.0 Å². The van der Waals surface area contributed by atoms with Crippen molar-refractivity contribution in [3.05, 3.63) is 0 Å². The van der Waals surface area contributed by atoms with Crippen LogP contribution in [-0.2, 0) is 19.1 Å². The molecule has 7 nitrogen and oxygen atoms in total. The van der Waals surface area contributed by atoms with Crippen LogP contribution in [-0.4, -0.2) is 43.8 Å². The van der Waals surface area contributed by atoms with Gasteiger partial charge in [-0.2, -0.15) is 0 Å². The molecule has 1 heterocycles. The van der Waals surface area contributed by atoms with Crippen LogP contribution in [0.25, 0.3) is 0 Å². The molecule has 0 radical (unpaired) electrons. The zero-order valence-corrected chi connectivity index (χ0v) is 9.65. The summed E-state index contributed by atoms with van der Waals surface area (Å²) in [6.07, 6.45) is 0.842. The number of imide groups is 1. The Labute approximate surface area is 98.8 Å². The minimum atomic E-state index is -0.665. The summed E-state index contributed by atoms with van der Waals surface area (Å²) < 4.78 is 9.79. The number of amides is 3. The van der Waals surface area contributed by atoms with Crippen molar-refractivity contribution < 1.29 is 23.9 Å². The molecule has 1 atom stereocenters. The zero-order chi connectivity index (χ0) is 12.7. The summed E-state index contributed by atoms with van der Waals surface area (Å²) in [4.78, 5) is 33.4. The second-order valence-electron chi connectivity index (χ2n) is 3.52. The van der Waals surface area contributed by atoms with E-state index in [9.17, 15) is 14.4 Å². The van der Waals surface area contributed by atoms with Gasteiger partial charge in [0, 0.05) is 13.2 Å². The number of carbonyl (C=O) groups is 3. The smallest absolute Gasteiger partial charge is 0.335 e. The third-order valence-corrected chi connectivity index (χ3v) is 2.13. The highest BCUT2D eigenvalue weighted by atomic mass is 16.6. The molecule has 3 amide bonds. The Morgan fingerprint density at radius 1 is 1.41 bits per heavy atom. The zero-order valence-electron chi connectivity index (χ0n) is 9.65. The van der Waals surface area contributed by atoms with Gasteiger partial charge in [0.2, 0.25) is 0 Å². The van der Waals surface area contributed by atoms with Crippen LogP contribution in [0.3, 0.4) is 0 Å². The number of rotatable bonds is 4. The first-order valence-electron chi connectivity index (χ1n) is 5.49. The standard InChI is InChI=1S/C10H16N2O5/c1-2-11-10(15)12-8(13)6-17-9(14)7-4-3-5-16-7/h7H,2-6H2,1H3,(H2,11,12,13,15)/t7-/m0/s1. The van der Waals surface area contributed by atoms with E-state index in [0.717, 1.165) is 6.42 Å². The molecule has 0 aliphatic carbocycles. The van der Waals surface area contributed by atoms with E-state index in [0.29, 0.717) is 19.6 Å². The van der Waals surface area contributed by atoms with Crippen molar-refractivity contribution in [2.24, 2.45) is 0 Å². The molecule has 0 unspecified atom stereocenters. The first-order chi connectivity index (χ1) is 8.13. The van der Waals surface area contributed by atoms with Crippen molar-refractivity contribution in [3.63, 3.8) is 0 Å². The first-order valence-corrected chi connectivity index (χ1v) is 5.49. The summed E-state index contributed by atoms with van der Waals surface area (Å²) in [5.74, 6) is -1.23. The highest BCUT2D eigenvalue weighted by Crippen LogP contribution is 2.12. The maximum absolute atomic E-state index is 11.3. The molecule has 0 aromatic heterocycles. The molecule has 1 rings (SSSR count). The van der Waals surface area contributed by atoms with E-state index >= 15 is 0 Å². The number of hydrogen-bond acceptors (Lipinski definition) is 5. The SMILES string of the molecule is CCNC(=O)NC(=O)COC(=O)[C@@H]1CCCO1. The molecular formula is C10H16N2O5. The molecule has 17 heavy (non-hydrogen) atoms. The number of carbonyl (C=O) groups excluding carboxylic acids is 3. The van der Waals surface area contributed by atoms with E-state index in [2.05, 4.69) is 5.32 Å². The van der Waals surface area contributed by atoms with Gasteiger partial charge in [-0.05, 0) is 19.8 Å². The second-order valence-corrected chi connectivity index (χ2v) is 3.52. The third-order valence-electron chi connectivity index (χ3n) is 2.13. The molecule has 0 spiro atoms. The van der Waals surface area contributed by atoms with Gasteiger partial charge in [0.1, 0.15) is 0 Å². The largest absolute Gasteiger partial charge is 0.454 e. The maximum atomic E-state index is 11.3. The van der Waals surface area contributed by atoms with Gasteiger partial charge in [0.25, 0.3) is 5.91 Å². The van der Waals surface area contributed by atoms with Crippen LogP contribution in [0.4, 0.5) is 4.79 Å². The summed E-state index contributed by atoms with van der Waals surface area (Å²) in [6.45, 7) is 2.19. The van der Waals surface area contributed by atoms with Crippen molar-refractivity contribution in [2.75, 3.05) is 19.8 Å². The lowest BCUT2D eigenvalue weighted by Gasteiger charge is -2.09. The van der Waals surface area contributed by atoms with Crippen LogP contribution in [0.5, 0.6) is 0 Å². The van der Waals surface area contributed by atoms with Crippen molar-refractivity contribution in [2.45, 2.75) is 25.9 Å². The van der Waals surface area contributed by atoms with E-state index in [4.69, 9.17) is 9.47 Å². The predicted molar refractivity (Wildman–Crippen MR) is 57.1 cm³/mol. The minimum absolute atomic E-state index is 0.412. The van der Waals surface area contributed by atoms with Gasteiger partial charge in [0.15, 0.2) is 12.7 Å². The molecule has 1 aliphatic heterocycles. The van der Waals surface area contributed by atoms with Gasteiger partial charge in [-0.3, -0.25) is 10.1 Å². The Hall–Kier alpha value is -1.63. The lowest BCUT2D eigenvalue weighted by Crippen LogP contribution is -2.41. The quantitative estimate of drug-likeness (QED) is 0.653. The van der Waals surface area contributed by atoms with Crippen molar-refractivity contribution in [3.8, 4) is 0 Å². The summed E-state index contributed by atoms with van der Waals surface area (Å²) in [6, 6.07) is -0.606. The van der Waals surface area contributed by atoms with Crippen LogP contribution in [0.15, 0.2) is 0 Å². The fourth-order valence-electron chi connectivity index (χ4n) is 1.36. The van der Waals surface area contributed by atoms with Gasteiger partial charge < -0.3 is 14.8 Å². The Morgan fingerprint density at radius 2 is 2.18 bits per heavy atom. The maximum Gasteiger partial charge on any atom is 0.335 e. The highest BCUT2D eigenvalue weighted by molar-refractivity contribution is 5.95. The Bertz CT molecular complexity index is 299. The minimum Gasteiger partial charge on any atom is -0.454 e. The van der Waals surface area contributed by atoms with Crippen molar-refractivity contribution in [1.82, 2.24) is 10.6 Å². The van der Waals surface area contributed by atoms with Gasteiger partial charge in [0.05, 0.1) is 0 Å². The fraction of sp³-hybridized carbons (Fsp3) is 0.700. The molecule has 1 fully saturated rings. The topological polar surface area (TPSA) is 93.7 Å². The molecular weight excluding hydrogens is 228 g/mol. The number of nitrogens with one attached hydrogen (secondary N) is 2. The van der Waals surface area contributed by atoms with Crippen LogP contribution in [0.2, 0.25) is 0 Å². The molecule has 0 aromatic carbocycles. The Kier molecular flexibility index (Phi) is 5.41. The van der Waals surface area contributed by atoms with Crippen LogP contribution in [0.1, 0.15) is 19.8 Å². The van der Waals surface area contributed by atoms with E-state index in [1.807, 2.05) is 5.32 Å². The third kappa shape index (κ3) is 4.81. The van der Waals surface area contributed by atoms with Crippen LogP contribution in [0, 0.1) is 0 Å². The molecule has 2 N–H and O–H groups in total. The molecule has 0 saturated carbocycles. The normalized spacial score (nSPS) is 18.5. The average Bonchev–Trinajstić information content (AvgIpc) is 2.79. The monoisotopic (exact) mass is 244 g/mol. The first kappa shape index (κ1) is 13.4. The van der Waals surface area contributed by atoms with E-state index < -0.39 is 30.6 Å². The van der Waals surface area contributed by atoms with E-state index in [-0.39, 0.29) is 0 Å². The highest BCUT2D eigenvalue weighted by Gasteiger charge is 2.25. The van der Waals surface area contributed by atoms with Crippen molar-refractivity contribution in [1.29, 1.82) is 0 Å². The van der Waals surface area contributed by atoms with Crippen molar-refractivity contribution >= 4 is 17.9 Å². The average molecular weight is 244 g/mol. The molecule has 0 bridgehead atoms. The number of hydrogen-bond donors (Lipinski definition) is 2. The molecule has 0 aromatic rings. The summed E-state index contributed by atoms with van der Waals surface area (Å²) in [5.41, 5.74) is 0. The van der Waals surface area contributed by atoms with E-state index in [1.165, 1.54) is 0 Å². The van der Waals surface area contributed by atoms with Gasteiger partial charge in [-0.25, -0.2) is 9.59 Å². The summed E-state index contributed by atoms with van der Waals surface area (Å²) >= 11 is 0. The molecule has 96 valence electrons. The van der Waals surface area contributed by atoms with Crippen LogP contribution < -0.4 is 10.6 Å². The van der Waals surface area contributed by atoms with E-state index in [1.54, 1.807) is 6.92 Å².